The zero-order valence-corrected chi connectivity index (χ0v) is 12.8. The van der Waals surface area contributed by atoms with Crippen molar-refractivity contribution in [1.82, 2.24) is 0 Å². The highest BCUT2D eigenvalue weighted by Gasteiger charge is 1.88. The monoisotopic (exact) mass is 260 g/mol. The molecule has 19 heavy (non-hydrogen) atoms. The first-order chi connectivity index (χ1) is 9.41. The van der Waals surface area contributed by atoms with Crippen LogP contribution in [0.5, 0.6) is 0 Å². The fourth-order valence-electron chi connectivity index (χ4n) is 1.96. The Labute approximate surface area is 121 Å². The van der Waals surface area contributed by atoms with E-state index in [1.807, 2.05) is 12.2 Å². The molecule has 0 rings (SSSR count). The molecular weight excluding hydrogens is 228 g/mol. The largest absolute Gasteiger partial charge is 0.0991 e. The third-order valence-corrected chi connectivity index (χ3v) is 3.12. The van der Waals surface area contributed by atoms with Gasteiger partial charge >= 0.3 is 0 Å². The van der Waals surface area contributed by atoms with E-state index >= 15 is 0 Å². The first-order valence-corrected chi connectivity index (χ1v) is 7.99. The predicted molar refractivity (Wildman–Crippen MR) is 89.5 cm³/mol. The molecule has 0 aromatic carbocycles. The molecule has 0 saturated heterocycles. The van der Waals surface area contributed by atoms with Gasteiger partial charge in [0.05, 0.1) is 0 Å². The lowest BCUT2D eigenvalue weighted by molar-refractivity contribution is 0.592. The molecule has 0 bridgehead atoms. The van der Waals surface area contributed by atoms with Crippen molar-refractivity contribution in [2.24, 2.45) is 0 Å². The molecule has 0 aromatic heterocycles. The second kappa shape index (κ2) is 17.0. The summed E-state index contributed by atoms with van der Waals surface area (Å²) >= 11 is 0. The van der Waals surface area contributed by atoms with Crippen molar-refractivity contribution in [1.29, 1.82) is 0 Å². The highest BCUT2D eigenvalue weighted by atomic mass is 13.9. The van der Waals surface area contributed by atoms with E-state index in [4.69, 9.17) is 0 Å². The Morgan fingerprint density at radius 2 is 1.26 bits per heavy atom. The van der Waals surface area contributed by atoms with Crippen LogP contribution >= 0.6 is 0 Å². The van der Waals surface area contributed by atoms with Gasteiger partial charge in [0.15, 0.2) is 0 Å². The summed E-state index contributed by atoms with van der Waals surface area (Å²) in [5.41, 5.74) is 0. The average Bonchev–Trinajstić information content (AvgIpc) is 2.43. The van der Waals surface area contributed by atoms with Crippen molar-refractivity contribution in [3.8, 4) is 0 Å². The summed E-state index contributed by atoms with van der Waals surface area (Å²) in [7, 11) is 0. The van der Waals surface area contributed by atoms with E-state index < -0.39 is 0 Å². The van der Waals surface area contributed by atoms with Crippen LogP contribution < -0.4 is 0 Å². The Balaban J connectivity index is 3.21. The number of hydrogen-bond acceptors (Lipinski definition) is 0. The Bertz CT molecular complexity index is 255. The summed E-state index contributed by atoms with van der Waals surface area (Å²) in [6, 6.07) is 0. The van der Waals surface area contributed by atoms with Gasteiger partial charge in [0.25, 0.3) is 0 Å². The molecule has 0 N–H and O–H groups in total. The summed E-state index contributed by atoms with van der Waals surface area (Å²) < 4.78 is 0. The third-order valence-electron chi connectivity index (χ3n) is 3.12. The summed E-state index contributed by atoms with van der Waals surface area (Å²) in [6.07, 6.45) is 28.1. The molecule has 0 heteroatoms. The number of hydrogen-bond donors (Lipinski definition) is 0. The molecule has 0 aliphatic carbocycles. The van der Waals surface area contributed by atoms with Crippen LogP contribution in [0.2, 0.25) is 0 Å². The first kappa shape index (κ1) is 18.0. The molecule has 0 spiro atoms. The number of rotatable bonds is 13. The molecule has 0 aliphatic rings. The van der Waals surface area contributed by atoms with Crippen LogP contribution in [0.25, 0.3) is 0 Å². The quantitative estimate of drug-likeness (QED) is 0.195. The van der Waals surface area contributed by atoms with Gasteiger partial charge in [-0.3, -0.25) is 0 Å². The Kier molecular flexibility index (Phi) is 16.0. The van der Waals surface area contributed by atoms with Crippen molar-refractivity contribution in [3.05, 3.63) is 49.1 Å². The van der Waals surface area contributed by atoms with Crippen LogP contribution in [0.4, 0.5) is 0 Å². The van der Waals surface area contributed by atoms with Gasteiger partial charge in [-0.15, -0.1) is 0 Å². The molecule has 0 nitrogen and oxygen atoms in total. The third kappa shape index (κ3) is 17.0. The van der Waals surface area contributed by atoms with Crippen LogP contribution in [0.1, 0.15) is 71.1 Å². The fourth-order valence-corrected chi connectivity index (χ4v) is 1.96. The van der Waals surface area contributed by atoms with Crippen LogP contribution in [0, 0.1) is 0 Å². The van der Waals surface area contributed by atoms with Gasteiger partial charge in [0, 0.05) is 0 Å². The molecule has 0 radical (unpaired) electrons. The van der Waals surface area contributed by atoms with Gasteiger partial charge < -0.3 is 0 Å². The minimum absolute atomic E-state index is 1.01. The van der Waals surface area contributed by atoms with Crippen LogP contribution in [-0.2, 0) is 0 Å². The van der Waals surface area contributed by atoms with E-state index in [2.05, 4.69) is 43.9 Å². The lowest BCUT2D eigenvalue weighted by atomic mass is 10.1. The van der Waals surface area contributed by atoms with Crippen LogP contribution in [0.3, 0.4) is 0 Å². The maximum absolute atomic E-state index is 3.64. The molecule has 0 saturated carbocycles. The molecule has 0 atom stereocenters. The minimum atomic E-state index is 1.01. The lowest BCUT2D eigenvalue weighted by Gasteiger charge is -1.98. The van der Waals surface area contributed by atoms with Crippen molar-refractivity contribution in [2.75, 3.05) is 0 Å². The maximum Gasteiger partial charge on any atom is -0.0166 e. The smallest absolute Gasteiger partial charge is 0.0166 e. The van der Waals surface area contributed by atoms with Gasteiger partial charge in [0.1, 0.15) is 0 Å². The standard InChI is InChI=1S/C19H32/c1-3-5-7-9-11-13-15-17-19-18-16-14-12-10-8-6-4-2/h3,5,7,11,13,17,19H,1,4,6,8-10,12,14-16,18H2,2H3/b7-5+,13-11-,19-17-. The number of unbranched alkanes of at least 4 members (excludes halogenated alkanes) is 7. The summed E-state index contributed by atoms with van der Waals surface area (Å²) in [5.74, 6) is 0. The van der Waals surface area contributed by atoms with Crippen molar-refractivity contribution in [2.45, 2.75) is 71.1 Å². The first-order valence-electron chi connectivity index (χ1n) is 7.99. The van der Waals surface area contributed by atoms with Gasteiger partial charge in [-0.2, -0.15) is 0 Å². The highest BCUT2D eigenvalue weighted by Crippen LogP contribution is 2.08. The minimum Gasteiger partial charge on any atom is -0.0991 e. The molecule has 0 heterocycles. The molecule has 0 amide bonds. The van der Waals surface area contributed by atoms with E-state index in [0.717, 1.165) is 12.8 Å². The summed E-state index contributed by atoms with van der Waals surface area (Å²) in [6.45, 7) is 5.91. The number of allylic oxidation sites excluding steroid dienone is 7. The van der Waals surface area contributed by atoms with Gasteiger partial charge in [-0.25, -0.2) is 0 Å². The van der Waals surface area contributed by atoms with Crippen LogP contribution in [0.15, 0.2) is 49.1 Å². The second-order valence-electron chi connectivity index (χ2n) is 4.99. The molecule has 0 aliphatic heterocycles. The molecule has 0 fully saturated rings. The average molecular weight is 260 g/mol. The van der Waals surface area contributed by atoms with E-state index in [-0.39, 0.29) is 0 Å². The SMILES string of the molecule is C=C/C=C/C/C=C\C/C=C\CCCCCCCCC. The van der Waals surface area contributed by atoms with E-state index in [0.29, 0.717) is 0 Å². The lowest BCUT2D eigenvalue weighted by Crippen LogP contribution is -1.78. The highest BCUT2D eigenvalue weighted by molar-refractivity contribution is 5.02. The predicted octanol–water partition coefficient (Wildman–Crippen LogP) is 6.76. The summed E-state index contributed by atoms with van der Waals surface area (Å²) in [4.78, 5) is 0. The molecule has 0 aromatic rings. The molecule has 0 unspecified atom stereocenters. The fraction of sp³-hybridized carbons (Fsp3) is 0.579. The maximum atomic E-state index is 3.64. The molecular formula is C19H32. The summed E-state index contributed by atoms with van der Waals surface area (Å²) in [5, 5.41) is 0. The molecule has 108 valence electrons. The van der Waals surface area contributed by atoms with Gasteiger partial charge in [-0.1, -0.05) is 94.6 Å². The topological polar surface area (TPSA) is 0 Å². The Hall–Kier alpha value is -1.04. The van der Waals surface area contributed by atoms with Gasteiger partial charge in [0.2, 0.25) is 0 Å². The zero-order valence-electron chi connectivity index (χ0n) is 12.8. The van der Waals surface area contributed by atoms with Crippen molar-refractivity contribution >= 4 is 0 Å². The van der Waals surface area contributed by atoms with Crippen molar-refractivity contribution in [3.63, 3.8) is 0 Å². The Morgan fingerprint density at radius 1 is 0.684 bits per heavy atom. The Morgan fingerprint density at radius 3 is 1.95 bits per heavy atom. The van der Waals surface area contributed by atoms with Gasteiger partial charge in [-0.05, 0) is 25.7 Å². The second-order valence-corrected chi connectivity index (χ2v) is 4.99. The van der Waals surface area contributed by atoms with Crippen molar-refractivity contribution < 1.29 is 0 Å². The van der Waals surface area contributed by atoms with Crippen LogP contribution in [-0.4, -0.2) is 0 Å². The van der Waals surface area contributed by atoms with E-state index in [9.17, 15) is 0 Å². The van der Waals surface area contributed by atoms with E-state index in [1.54, 1.807) is 0 Å². The normalized spacial score (nSPS) is 12.1. The van der Waals surface area contributed by atoms with E-state index in [1.165, 1.54) is 51.4 Å². The zero-order chi connectivity index (χ0) is 14.0.